The lowest BCUT2D eigenvalue weighted by molar-refractivity contribution is 0.236. The van der Waals surface area contributed by atoms with Crippen LogP contribution in [0.4, 0.5) is 0 Å². The Labute approximate surface area is 120 Å². The quantitative estimate of drug-likeness (QED) is 0.934. The van der Waals surface area contributed by atoms with E-state index in [9.17, 15) is 0 Å². The van der Waals surface area contributed by atoms with Gasteiger partial charge >= 0.3 is 0 Å². The molecule has 1 saturated heterocycles. The molecule has 4 heteroatoms. The lowest BCUT2D eigenvalue weighted by atomic mass is 9.74. The Bertz CT molecular complexity index is 594. The first-order chi connectivity index (χ1) is 9.64. The average molecular weight is 272 g/mol. The van der Waals surface area contributed by atoms with Crippen molar-refractivity contribution in [1.82, 2.24) is 19.9 Å². The molecule has 1 fully saturated rings. The van der Waals surface area contributed by atoms with Gasteiger partial charge in [-0.2, -0.15) is 0 Å². The average Bonchev–Trinajstić information content (AvgIpc) is 2.87. The normalized spacial score (nSPS) is 20.4. The summed E-state index contributed by atoms with van der Waals surface area (Å²) in [6, 6.07) is 4.03. The summed E-state index contributed by atoms with van der Waals surface area (Å²) < 4.78 is 2.28. The van der Waals surface area contributed by atoms with Crippen molar-refractivity contribution < 1.29 is 0 Å². The van der Waals surface area contributed by atoms with Crippen molar-refractivity contribution in [3.05, 3.63) is 24.2 Å². The molecule has 3 heterocycles. The van der Waals surface area contributed by atoms with Gasteiger partial charge in [-0.05, 0) is 50.9 Å². The maximum atomic E-state index is 4.90. The summed E-state index contributed by atoms with van der Waals surface area (Å²) in [5.74, 6) is 1.82. The van der Waals surface area contributed by atoms with Gasteiger partial charge in [-0.1, -0.05) is 13.8 Å². The molecule has 1 unspecified atom stereocenters. The third-order valence-electron chi connectivity index (χ3n) is 4.71. The molecule has 0 aliphatic carbocycles. The number of fused-ring (bicyclic) bond motifs is 1. The van der Waals surface area contributed by atoms with E-state index in [-0.39, 0.29) is 5.41 Å². The molecule has 0 radical (unpaired) electrons. The molecule has 0 amide bonds. The van der Waals surface area contributed by atoms with Crippen molar-refractivity contribution >= 4 is 11.2 Å². The van der Waals surface area contributed by atoms with Crippen LogP contribution in [-0.4, -0.2) is 27.6 Å². The largest absolute Gasteiger partial charge is 0.316 e. The Morgan fingerprint density at radius 1 is 1.45 bits per heavy atom. The van der Waals surface area contributed by atoms with Gasteiger partial charge in [0.05, 0.1) is 0 Å². The van der Waals surface area contributed by atoms with Gasteiger partial charge in [0.1, 0.15) is 11.3 Å². The molecule has 0 saturated carbocycles. The topological polar surface area (TPSA) is 42.7 Å². The Morgan fingerprint density at radius 2 is 2.30 bits per heavy atom. The fourth-order valence-corrected chi connectivity index (χ4v) is 3.40. The number of hydrogen-bond acceptors (Lipinski definition) is 3. The van der Waals surface area contributed by atoms with Crippen molar-refractivity contribution in [2.24, 2.45) is 5.92 Å². The second kappa shape index (κ2) is 5.17. The molecule has 3 rings (SSSR count). The van der Waals surface area contributed by atoms with Crippen LogP contribution < -0.4 is 5.32 Å². The highest BCUT2D eigenvalue weighted by Crippen LogP contribution is 2.36. The third-order valence-corrected chi connectivity index (χ3v) is 4.71. The molecule has 108 valence electrons. The predicted octanol–water partition coefficient (Wildman–Crippen LogP) is 2.73. The molecule has 1 aliphatic heterocycles. The summed E-state index contributed by atoms with van der Waals surface area (Å²) in [5, 5.41) is 3.53. The summed E-state index contributed by atoms with van der Waals surface area (Å²) in [5.41, 5.74) is 2.10. The predicted molar refractivity (Wildman–Crippen MR) is 81.8 cm³/mol. The van der Waals surface area contributed by atoms with Crippen LogP contribution in [0.3, 0.4) is 0 Å². The Hall–Kier alpha value is -1.42. The van der Waals surface area contributed by atoms with Crippen LogP contribution in [0.1, 0.15) is 39.4 Å². The van der Waals surface area contributed by atoms with E-state index in [2.05, 4.69) is 41.7 Å². The number of piperidine rings is 1. The minimum absolute atomic E-state index is 0.0735. The maximum absolute atomic E-state index is 4.90. The van der Waals surface area contributed by atoms with E-state index in [1.54, 1.807) is 0 Å². The van der Waals surface area contributed by atoms with E-state index in [1.807, 2.05) is 12.3 Å². The number of nitrogens with one attached hydrogen (secondary N) is 1. The van der Waals surface area contributed by atoms with Crippen molar-refractivity contribution in [2.75, 3.05) is 13.1 Å². The molecule has 1 N–H and O–H groups in total. The van der Waals surface area contributed by atoms with Gasteiger partial charge in [0.2, 0.25) is 0 Å². The standard InChI is InChI=1S/C16H24N4/c1-4-20-14-13(8-6-10-18-14)19-15(20)16(2,3)12-7-5-9-17-11-12/h6,8,10,12,17H,4-5,7,9,11H2,1-3H3. The minimum Gasteiger partial charge on any atom is -0.316 e. The molecule has 20 heavy (non-hydrogen) atoms. The van der Waals surface area contributed by atoms with Crippen LogP contribution in [0.15, 0.2) is 18.3 Å². The number of imidazole rings is 1. The summed E-state index contributed by atoms with van der Waals surface area (Å²) in [6.07, 6.45) is 4.40. The third kappa shape index (κ3) is 2.12. The summed E-state index contributed by atoms with van der Waals surface area (Å²) in [6.45, 7) is 10.0. The number of aromatic nitrogens is 3. The van der Waals surface area contributed by atoms with E-state index in [1.165, 1.54) is 18.7 Å². The highest BCUT2D eigenvalue weighted by atomic mass is 15.1. The summed E-state index contributed by atoms with van der Waals surface area (Å²) in [7, 11) is 0. The smallest absolute Gasteiger partial charge is 0.159 e. The molecule has 4 nitrogen and oxygen atoms in total. The highest BCUT2D eigenvalue weighted by Gasteiger charge is 2.36. The highest BCUT2D eigenvalue weighted by molar-refractivity contribution is 5.71. The molecule has 2 aromatic rings. The van der Waals surface area contributed by atoms with Crippen LogP contribution in [-0.2, 0) is 12.0 Å². The van der Waals surface area contributed by atoms with E-state index in [0.717, 1.165) is 30.8 Å². The van der Waals surface area contributed by atoms with E-state index in [4.69, 9.17) is 4.98 Å². The SMILES string of the molecule is CCn1c(C(C)(C)C2CCCNC2)nc2cccnc21. The number of hydrogen-bond donors (Lipinski definition) is 1. The van der Waals surface area contributed by atoms with Gasteiger partial charge in [0, 0.05) is 18.2 Å². The van der Waals surface area contributed by atoms with E-state index >= 15 is 0 Å². The van der Waals surface area contributed by atoms with Gasteiger partial charge in [-0.15, -0.1) is 0 Å². The van der Waals surface area contributed by atoms with Gasteiger partial charge in [-0.3, -0.25) is 0 Å². The van der Waals surface area contributed by atoms with Crippen molar-refractivity contribution in [3.63, 3.8) is 0 Å². The Kier molecular flexibility index (Phi) is 3.50. The lowest BCUT2D eigenvalue weighted by Gasteiger charge is -2.37. The molecular formula is C16H24N4. The van der Waals surface area contributed by atoms with Crippen molar-refractivity contribution in [3.8, 4) is 0 Å². The molecule has 1 aliphatic rings. The molecule has 2 aromatic heterocycles. The van der Waals surface area contributed by atoms with Crippen molar-refractivity contribution in [2.45, 2.75) is 45.6 Å². The van der Waals surface area contributed by atoms with Gasteiger partial charge in [0.15, 0.2) is 5.65 Å². The molecule has 0 spiro atoms. The van der Waals surface area contributed by atoms with Crippen LogP contribution in [0.2, 0.25) is 0 Å². The van der Waals surface area contributed by atoms with Crippen LogP contribution in [0.25, 0.3) is 11.2 Å². The maximum Gasteiger partial charge on any atom is 0.159 e. The fourth-order valence-electron chi connectivity index (χ4n) is 3.40. The summed E-state index contributed by atoms with van der Waals surface area (Å²) in [4.78, 5) is 9.42. The zero-order valence-electron chi connectivity index (χ0n) is 12.7. The van der Waals surface area contributed by atoms with E-state index in [0.29, 0.717) is 5.92 Å². The molecular weight excluding hydrogens is 248 g/mol. The fraction of sp³-hybridized carbons (Fsp3) is 0.625. The first kappa shape index (κ1) is 13.6. The lowest BCUT2D eigenvalue weighted by Crippen LogP contribution is -2.42. The number of pyridine rings is 1. The Balaban J connectivity index is 2.07. The number of nitrogens with zero attached hydrogens (tertiary/aromatic N) is 3. The van der Waals surface area contributed by atoms with Crippen LogP contribution >= 0.6 is 0 Å². The van der Waals surface area contributed by atoms with Crippen LogP contribution in [0.5, 0.6) is 0 Å². The monoisotopic (exact) mass is 272 g/mol. The molecule has 0 aromatic carbocycles. The first-order valence-corrected chi connectivity index (χ1v) is 7.67. The second-order valence-corrected chi connectivity index (χ2v) is 6.29. The summed E-state index contributed by atoms with van der Waals surface area (Å²) >= 11 is 0. The second-order valence-electron chi connectivity index (χ2n) is 6.29. The minimum atomic E-state index is 0.0735. The van der Waals surface area contributed by atoms with Crippen molar-refractivity contribution in [1.29, 1.82) is 0 Å². The number of rotatable bonds is 3. The van der Waals surface area contributed by atoms with Gasteiger partial charge in [0.25, 0.3) is 0 Å². The zero-order chi connectivity index (χ0) is 14.2. The Morgan fingerprint density at radius 3 is 3.00 bits per heavy atom. The van der Waals surface area contributed by atoms with E-state index < -0.39 is 0 Å². The molecule has 0 bridgehead atoms. The number of aryl methyl sites for hydroxylation is 1. The van der Waals surface area contributed by atoms with Crippen LogP contribution in [0, 0.1) is 5.92 Å². The molecule has 1 atom stereocenters. The first-order valence-electron chi connectivity index (χ1n) is 7.67. The van der Waals surface area contributed by atoms with Gasteiger partial charge in [-0.25, -0.2) is 9.97 Å². The van der Waals surface area contributed by atoms with Gasteiger partial charge < -0.3 is 9.88 Å². The zero-order valence-corrected chi connectivity index (χ0v) is 12.7.